The summed E-state index contributed by atoms with van der Waals surface area (Å²) in [5.41, 5.74) is 2.13. The molecule has 0 unspecified atom stereocenters. The molecule has 9 heteroatoms. The largest absolute Gasteiger partial charge is 0.481 e. The van der Waals surface area contributed by atoms with Crippen molar-refractivity contribution in [2.75, 3.05) is 19.8 Å². The van der Waals surface area contributed by atoms with E-state index in [2.05, 4.69) is 15.5 Å². The molecular formula is C23H33N3O6. The zero-order valence-electron chi connectivity index (χ0n) is 18.9. The molecule has 0 saturated heterocycles. The van der Waals surface area contributed by atoms with Gasteiger partial charge in [-0.2, -0.15) is 0 Å². The van der Waals surface area contributed by atoms with Crippen molar-refractivity contribution in [2.24, 2.45) is 15.5 Å². The highest BCUT2D eigenvalue weighted by atomic mass is 16.6. The summed E-state index contributed by atoms with van der Waals surface area (Å²) in [4.78, 5) is 36.9. The standard InChI is InChI=1S/C23H33N3O6/c1-19(20(2)27)26-32-15-7-4-3-6-13-30-24-17-21-10-9-11-22(16-21)18-25-31-14-8-5-12-23(28)29/h9-11,16-18H,3-8,12-15H2,1-2H3,(H,28,29). The van der Waals surface area contributed by atoms with Gasteiger partial charge in [-0.1, -0.05) is 33.7 Å². The molecule has 9 nitrogen and oxygen atoms in total. The molecule has 0 bridgehead atoms. The van der Waals surface area contributed by atoms with Gasteiger partial charge in [-0.05, 0) is 62.6 Å². The van der Waals surface area contributed by atoms with E-state index < -0.39 is 5.97 Å². The van der Waals surface area contributed by atoms with E-state index in [0.29, 0.717) is 38.4 Å². The number of nitrogens with zero attached hydrogens (tertiary/aromatic N) is 3. The molecular weight excluding hydrogens is 414 g/mol. The second kappa shape index (κ2) is 17.5. The van der Waals surface area contributed by atoms with Gasteiger partial charge in [0.25, 0.3) is 0 Å². The van der Waals surface area contributed by atoms with Crippen LogP contribution in [0.15, 0.2) is 39.7 Å². The number of oxime groups is 3. The van der Waals surface area contributed by atoms with Crippen molar-refractivity contribution in [3.05, 3.63) is 35.4 Å². The van der Waals surface area contributed by atoms with Gasteiger partial charge in [0.1, 0.15) is 25.5 Å². The first-order chi connectivity index (χ1) is 15.5. The topological polar surface area (TPSA) is 119 Å². The number of carboxylic acid groups (broad SMARTS) is 1. The van der Waals surface area contributed by atoms with Crippen molar-refractivity contribution in [3.8, 4) is 0 Å². The number of carbonyl (C=O) groups is 2. The average molecular weight is 448 g/mol. The van der Waals surface area contributed by atoms with Crippen molar-refractivity contribution >= 4 is 29.9 Å². The van der Waals surface area contributed by atoms with Gasteiger partial charge in [-0.15, -0.1) is 0 Å². The van der Waals surface area contributed by atoms with E-state index >= 15 is 0 Å². The Bertz CT molecular complexity index is 777. The number of carboxylic acids is 1. The monoisotopic (exact) mass is 447 g/mol. The number of Topliss-reactive ketones (excluding diaryl/α,β-unsaturated/α-hetero) is 1. The summed E-state index contributed by atoms with van der Waals surface area (Å²) < 4.78 is 0. The number of rotatable bonds is 18. The lowest BCUT2D eigenvalue weighted by molar-refractivity contribution is -0.137. The van der Waals surface area contributed by atoms with E-state index in [0.717, 1.165) is 36.8 Å². The lowest BCUT2D eigenvalue weighted by Gasteiger charge is -2.02. The molecule has 0 aliphatic heterocycles. The number of hydrogen-bond acceptors (Lipinski definition) is 8. The van der Waals surface area contributed by atoms with E-state index in [1.165, 1.54) is 6.92 Å². The highest BCUT2D eigenvalue weighted by Crippen LogP contribution is 2.04. The smallest absolute Gasteiger partial charge is 0.303 e. The molecule has 1 aromatic rings. The lowest BCUT2D eigenvalue weighted by Crippen LogP contribution is -2.05. The number of unbranched alkanes of at least 4 members (excludes halogenated alkanes) is 4. The summed E-state index contributed by atoms with van der Waals surface area (Å²) >= 11 is 0. The Balaban J connectivity index is 2.12. The number of aliphatic carboxylic acids is 1. The fourth-order valence-corrected chi connectivity index (χ4v) is 2.36. The molecule has 176 valence electrons. The van der Waals surface area contributed by atoms with Crippen LogP contribution < -0.4 is 0 Å². The van der Waals surface area contributed by atoms with Crippen LogP contribution in [0.25, 0.3) is 0 Å². The Morgan fingerprint density at radius 2 is 1.38 bits per heavy atom. The third-order valence-corrected chi connectivity index (χ3v) is 4.27. The van der Waals surface area contributed by atoms with Crippen LogP contribution in [-0.4, -0.2) is 54.8 Å². The van der Waals surface area contributed by atoms with Crippen LogP contribution in [0.4, 0.5) is 0 Å². The number of ketones is 1. The Kier molecular flexibility index (Phi) is 14.6. The van der Waals surface area contributed by atoms with E-state index in [9.17, 15) is 9.59 Å². The first kappa shape index (κ1) is 26.8. The van der Waals surface area contributed by atoms with Gasteiger partial charge in [0, 0.05) is 13.3 Å². The van der Waals surface area contributed by atoms with Crippen molar-refractivity contribution in [3.63, 3.8) is 0 Å². The summed E-state index contributed by atoms with van der Waals surface area (Å²) in [6.45, 7) is 4.52. The normalized spacial score (nSPS) is 11.8. The van der Waals surface area contributed by atoms with E-state index in [1.54, 1.807) is 19.4 Å². The van der Waals surface area contributed by atoms with Gasteiger partial charge < -0.3 is 19.6 Å². The average Bonchev–Trinajstić information content (AvgIpc) is 2.76. The predicted octanol–water partition coefficient (Wildman–Crippen LogP) is 4.18. The zero-order valence-corrected chi connectivity index (χ0v) is 18.9. The van der Waals surface area contributed by atoms with Gasteiger partial charge >= 0.3 is 5.97 Å². The highest BCUT2D eigenvalue weighted by Gasteiger charge is 1.98. The molecule has 0 spiro atoms. The molecule has 0 heterocycles. The molecule has 0 aromatic heterocycles. The Morgan fingerprint density at radius 3 is 1.91 bits per heavy atom. The van der Waals surface area contributed by atoms with Crippen molar-refractivity contribution in [2.45, 2.75) is 58.8 Å². The maximum atomic E-state index is 11.0. The molecule has 0 fully saturated rings. The molecule has 0 radical (unpaired) electrons. The second-order valence-corrected chi connectivity index (χ2v) is 7.14. The quantitative estimate of drug-likeness (QED) is 0.205. The first-order valence-electron chi connectivity index (χ1n) is 10.8. The second-order valence-electron chi connectivity index (χ2n) is 7.14. The molecule has 0 saturated carbocycles. The third kappa shape index (κ3) is 14.7. The van der Waals surface area contributed by atoms with E-state index in [1.807, 2.05) is 24.3 Å². The van der Waals surface area contributed by atoms with Gasteiger partial charge in [-0.3, -0.25) is 9.59 Å². The van der Waals surface area contributed by atoms with Crippen LogP contribution >= 0.6 is 0 Å². The SMILES string of the molecule is CC(=O)C(C)=NOCCCCCCON=Cc1cccc(C=NOCCCCC(=O)O)c1. The summed E-state index contributed by atoms with van der Waals surface area (Å²) in [5.74, 6) is -0.885. The van der Waals surface area contributed by atoms with Gasteiger partial charge in [0.2, 0.25) is 0 Å². The Labute approximate surface area is 189 Å². The maximum Gasteiger partial charge on any atom is 0.303 e. The summed E-state index contributed by atoms with van der Waals surface area (Å²) in [5, 5.41) is 20.2. The third-order valence-electron chi connectivity index (χ3n) is 4.27. The zero-order chi connectivity index (χ0) is 23.4. The Morgan fingerprint density at radius 1 is 0.844 bits per heavy atom. The maximum absolute atomic E-state index is 11.0. The van der Waals surface area contributed by atoms with E-state index in [4.69, 9.17) is 19.6 Å². The minimum absolute atomic E-state index is 0.0849. The van der Waals surface area contributed by atoms with Crippen LogP contribution in [-0.2, 0) is 24.1 Å². The minimum atomic E-state index is -0.801. The van der Waals surface area contributed by atoms with Crippen LogP contribution in [0.3, 0.4) is 0 Å². The molecule has 1 rings (SSSR count). The van der Waals surface area contributed by atoms with Crippen molar-refractivity contribution < 1.29 is 29.2 Å². The van der Waals surface area contributed by atoms with Crippen molar-refractivity contribution in [1.29, 1.82) is 0 Å². The molecule has 0 amide bonds. The summed E-state index contributed by atoms with van der Waals surface area (Å²) in [6.07, 6.45) is 8.37. The van der Waals surface area contributed by atoms with Crippen molar-refractivity contribution in [1.82, 2.24) is 0 Å². The Hall–Kier alpha value is -3.23. The number of hydrogen-bond donors (Lipinski definition) is 1. The molecule has 0 aliphatic carbocycles. The van der Waals surface area contributed by atoms with Gasteiger partial charge in [-0.25, -0.2) is 0 Å². The molecule has 0 aliphatic rings. The van der Waals surface area contributed by atoms with Crippen LogP contribution in [0, 0.1) is 0 Å². The number of benzene rings is 1. The first-order valence-corrected chi connectivity index (χ1v) is 10.8. The molecule has 32 heavy (non-hydrogen) atoms. The molecule has 0 atom stereocenters. The minimum Gasteiger partial charge on any atom is -0.481 e. The fourth-order valence-electron chi connectivity index (χ4n) is 2.36. The highest BCUT2D eigenvalue weighted by molar-refractivity contribution is 6.37. The summed E-state index contributed by atoms with van der Waals surface area (Å²) in [6, 6.07) is 7.60. The molecule has 1 N–H and O–H groups in total. The summed E-state index contributed by atoms with van der Waals surface area (Å²) in [7, 11) is 0. The van der Waals surface area contributed by atoms with Crippen LogP contribution in [0.2, 0.25) is 0 Å². The van der Waals surface area contributed by atoms with E-state index in [-0.39, 0.29) is 12.2 Å². The van der Waals surface area contributed by atoms with Gasteiger partial charge in [0.15, 0.2) is 5.78 Å². The van der Waals surface area contributed by atoms with Crippen LogP contribution in [0.1, 0.15) is 69.9 Å². The number of carbonyl (C=O) groups excluding carboxylic acids is 1. The fraction of sp³-hybridized carbons (Fsp3) is 0.522. The van der Waals surface area contributed by atoms with Crippen LogP contribution in [0.5, 0.6) is 0 Å². The van der Waals surface area contributed by atoms with Gasteiger partial charge in [0.05, 0.1) is 12.4 Å². The molecule has 1 aromatic carbocycles. The lowest BCUT2D eigenvalue weighted by atomic mass is 10.1. The predicted molar refractivity (Wildman–Crippen MR) is 123 cm³/mol.